The maximum Gasteiger partial charge on any atom is 0.323 e. The number of carbonyl (C=O) groups excluding carboxylic acids is 1. The summed E-state index contributed by atoms with van der Waals surface area (Å²) < 4.78 is 1.04. The van der Waals surface area contributed by atoms with Crippen molar-refractivity contribution < 1.29 is 4.79 Å². The monoisotopic (exact) mass is 394 g/mol. The van der Waals surface area contributed by atoms with Gasteiger partial charge in [-0.3, -0.25) is 0 Å². The van der Waals surface area contributed by atoms with Crippen molar-refractivity contribution in [3.8, 4) is 0 Å². The molecule has 6 nitrogen and oxygen atoms in total. The second kappa shape index (κ2) is 5.60. The van der Waals surface area contributed by atoms with Gasteiger partial charge in [-0.1, -0.05) is 6.07 Å². The van der Waals surface area contributed by atoms with Crippen LogP contribution in [-0.4, -0.2) is 16.0 Å². The van der Waals surface area contributed by atoms with E-state index in [0.717, 1.165) is 9.26 Å². The Morgan fingerprint density at radius 1 is 0.952 bits per heavy atom. The fourth-order valence-corrected chi connectivity index (χ4v) is 2.51. The highest BCUT2D eigenvalue weighted by atomic mass is 127. The number of halogens is 1. The third-order valence-electron chi connectivity index (χ3n) is 2.86. The minimum atomic E-state index is -0.339. The summed E-state index contributed by atoms with van der Waals surface area (Å²) in [7, 11) is 0. The summed E-state index contributed by atoms with van der Waals surface area (Å²) in [6.45, 7) is 0. The molecule has 2 amide bonds. The molecule has 0 aliphatic heterocycles. The second-order valence-electron chi connectivity index (χ2n) is 4.43. The number of nitrogens with one attached hydrogen (secondary N) is 4. The van der Waals surface area contributed by atoms with E-state index in [0.29, 0.717) is 16.7 Å². The molecule has 2 aromatic carbocycles. The zero-order valence-corrected chi connectivity index (χ0v) is 12.9. The van der Waals surface area contributed by atoms with E-state index in [1.165, 1.54) is 0 Å². The zero-order valence-electron chi connectivity index (χ0n) is 10.7. The normalized spacial score (nSPS) is 10.5. The van der Waals surface area contributed by atoms with Gasteiger partial charge in [0.1, 0.15) is 0 Å². The van der Waals surface area contributed by atoms with Crippen LogP contribution >= 0.6 is 22.6 Å². The Bertz CT molecular complexity index is 869. The average Bonchev–Trinajstić information content (AvgIpc) is 2.78. The number of benzene rings is 2. The Hall–Kier alpha value is -2.29. The van der Waals surface area contributed by atoms with Crippen molar-refractivity contribution in [1.82, 2.24) is 9.97 Å². The molecule has 0 atom stereocenters. The topological polar surface area (TPSA) is 89.8 Å². The first kappa shape index (κ1) is 13.7. The van der Waals surface area contributed by atoms with E-state index in [9.17, 15) is 9.59 Å². The first-order valence-electron chi connectivity index (χ1n) is 6.16. The van der Waals surface area contributed by atoms with Gasteiger partial charge in [0.05, 0.1) is 11.0 Å². The number of amides is 2. The predicted octanol–water partition coefficient (Wildman–Crippen LogP) is 3.10. The number of carbonyl (C=O) groups is 1. The van der Waals surface area contributed by atoms with Crippen LogP contribution in [0.1, 0.15) is 0 Å². The number of aromatic nitrogens is 2. The van der Waals surface area contributed by atoms with E-state index in [2.05, 4.69) is 43.2 Å². The van der Waals surface area contributed by atoms with Gasteiger partial charge in [-0.15, -0.1) is 0 Å². The van der Waals surface area contributed by atoms with E-state index in [4.69, 9.17) is 0 Å². The van der Waals surface area contributed by atoms with Crippen LogP contribution in [0.2, 0.25) is 0 Å². The van der Waals surface area contributed by atoms with Crippen molar-refractivity contribution >= 4 is 51.0 Å². The Kier molecular flexibility index (Phi) is 3.65. The lowest BCUT2D eigenvalue weighted by atomic mass is 10.3. The zero-order chi connectivity index (χ0) is 14.8. The van der Waals surface area contributed by atoms with E-state index < -0.39 is 0 Å². The molecular formula is C14H11IN4O2. The van der Waals surface area contributed by atoms with Crippen molar-refractivity contribution in [1.29, 1.82) is 0 Å². The van der Waals surface area contributed by atoms with Crippen molar-refractivity contribution in [3.05, 3.63) is 56.5 Å². The number of fused-ring (bicyclic) bond motifs is 1. The summed E-state index contributed by atoms with van der Waals surface area (Å²) in [5, 5.41) is 5.47. The van der Waals surface area contributed by atoms with Gasteiger partial charge < -0.3 is 20.6 Å². The second-order valence-corrected chi connectivity index (χ2v) is 5.67. The molecule has 0 bridgehead atoms. The smallest absolute Gasteiger partial charge is 0.308 e. The quantitative estimate of drug-likeness (QED) is 0.504. The third-order valence-corrected chi connectivity index (χ3v) is 3.53. The van der Waals surface area contributed by atoms with E-state index >= 15 is 0 Å². The summed E-state index contributed by atoms with van der Waals surface area (Å²) in [4.78, 5) is 28.4. The summed E-state index contributed by atoms with van der Waals surface area (Å²) >= 11 is 2.18. The molecule has 4 N–H and O–H groups in total. The van der Waals surface area contributed by atoms with Crippen molar-refractivity contribution in [2.45, 2.75) is 0 Å². The predicted molar refractivity (Wildman–Crippen MR) is 90.7 cm³/mol. The van der Waals surface area contributed by atoms with Crippen LogP contribution in [0.25, 0.3) is 11.0 Å². The number of urea groups is 1. The van der Waals surface area contributed by atoms with Gasteiger partial charge in [0.2, 0.25) is 0 Å². The van der Waals surface area contributed by atoms with Crippen LogP contribution in [-0.2, 0) is 0 Å². The van der Waals surface area contributed by atoms with Gasteiger partial charge in [-0.2, -0.15) is 0 Å². The molecular weight excluding hydrogens is 383 g/mol. The number of hydrogen-bond donors (Lipinski definition) is 4. The molecule has 21 heavy (non-hydrogen) atoms. The van der Waals surface area contributed by atoms with Gasteiger partial charge in [0.15, 0.2) is 0 Å². The number of aromatic amines is 2. The molecule has 1 aromatic heterocycles. The minimum absolute atomic E-state index is 0.273. The first-order valence-corrected chi connectivity index (χ1v) is 7.24. The number of imidazole rings is 1. The fourth-order valence-electron chi connectivity index (χ4n) is 1.97. The van der Waals surface area contributed by atoms with Crippen molar-refractivity contribution in [2.24, 2.45) is 0 Å². The Balaban J connectivity index is 1.75. The van der Waals surface area contributed by atoms with E-state index in [1.54, 1.807) is 18.2 Å². The van der Waals surface area contributed by atoms with E-state index in [1.807, 2.05) is 24.3 Å². The van der Waals surface area contributed by atoms with Gasteiger partial charge in [-0.05, 0) is 59.0 Å². The highest BCUT2D eigenvalue weighted by Gasteiger charge is 2.05. The van der Waals surface area contributed by atoms with Gasteiger partial charge >= 0.3 is 11.7 Å². The van der Waals surface area contributed by atoms with E-state index in [-0.39, 0.29) is 11.7 Å². The Morgan fingerprint density at radius 2 is 1.67 bits per heavy atom. The van der Waals surface area contributed by atoms with Crippen LogP contribution in [0.5, 0.6) is 0 Å². The molecule has 7 heteroatoms. The lowest BCUT2D eigenvalue weighted by Gasteiger charge is -2.08. The Labute approximate surface area is 133 Å². The lowest BCUT2D eigenvalue weighted by Crippen LogP contribution is -2.19. The maximum absolute atomic E-state index is 11.9. The molecule has 0 spiro atoms. The SMILES string of the molecule is O=C(Nc1cccc(I)c1)Nc1ccc2[nH]c(=O)[nH]c2c1. The van der Waals surface area contributed by atoms with Crippen molar-refractivity contribution in [3.63, 3.8) is 0 Å². The number of H-pyrrole nitrogens is 2. The molecule has 0 saturated heterocycles. The fraction of sp³-hybridized carbons (Fsp3) is 0. The lowest BCUT2D eigenvalue weighted by molar-refractivity contribution is 0.262. The number of hydrogen-bond acceptors (Lipinski definition) is 2. The average molecular weight is 394 g/mol. The Morgan fingerprint density at radius 3 is 2.43 bits per heavy atom. The van der Waals surface area contributed by atoms with Crippen LogP contribution in [0, 0.1) is 3.57 Å². The van der Waals surface area contributed by atoms with Crippen LogP contribution in [0.15, 0.2) is 47.3 Å². The first-order chi connectivity index (χ1) is 10.1. The van der Waals surface area contributed by atoms with Gasteiger partial charge in [-0.25, -0.2) is 9.59 Å². The molecule has 0 radical (unpaired) electrons. The summed E-state index contributed by atoms with van der Waals surface area (Å²) in [6.07, 6.45) is 0. The number of rotatable bonds is 2. The third kappa shape index (κ3) is 3.24. The molecule has 0 aliphatic carbocycles. The van der Waals surface area contributed by atoms with Gasteiger partial charge in [0.25, 0.3) is 0 Å². The summed E-state index contributed by atoms with van der Waals surface area (Å²) in [5.74, 6) is 0. The molecule has 0 aliphatic rings. The highest BCUT2D eigenvalue weighted by molar-refractivity contribution is 14.1. The molecule has 3 rings (SSSR count). The van der Waals surface area contributed by atoms with Crippen LogP contribution in [0.3, 0.4) is 0 Å². The molecule has 0 fully saturated rings. The summed E-state index contributed by atoms with van der Waals surface area (Å²) in [6, 6.07) is 12.3. The summed E-state index contributed by atoms with van der Waals surface area (Å²) in [5.41, 5.74) is 2.39. The van der Waals surface area contributed by atoms with Gasteiger partial charge in [0, 0.05) is 14.9 Å². The highest BCUT2D eigenvalue weighted by Crippen LogP contribution is 2.16. The molecule has 0 saturated carbocycles. The van der Waals surface area contributed by atoms with Crippen LogP contribution in [0.4, 0.5) is 16.2 Å². The molecule has 3 aromatic rings. The maximum atomic E-state index is 11.9. The van der Waals surface area contributed by atoms with Crippen LogP contribution < -0.4 is 16.3 Å². The largest absolute Gasteiger partial charge is 0.323 e. The standard InChI is InChI=1S/C14H11IN4O2/c15-8-2-1-3-9(6-8)16-13(20)17-10-4-5-11-12(7-10)19-14(21)18-11/h1-7H,(H2,16,17,20)(H2,18,19,21). The number of anilines is 2. The minimum Gasteiger partial charge on any atom is -0.308 e. The van der Waals surface area contributed by atoms with Crippen molar-refractivity contribution in [2.75, 3.05) is 10.6 Å². The molecule has 0 unspecified atom stereocenters. The molecule has 1 heterocycles. The molecule has 106 valence electrons.